The number of hydrogen-bond donors (Lipinski definition) is 1. The standard InChI is InChI=1S/C13H13ClFN3O2/c1-3-9-17-11(13(19)20-2)12(16)18(9)8-6-4-5-7(14)10(8)15/h4-6H,3,16H2,1-2H3. The highest BCUT2D eigenvalue weighted by Gasteiger charge is 2.23. The molecule has 7 heteroatoms. The van der Waals surface area contributed by atoms with E-state index in [1.165, 1.54) is 23.8 Å². The molecule has 0 bridgehead atoms. The van der Waals surface area contributed by atoms with Crippen LogP contribution in [-0.4, -0.2) is 22.6 Å². The van der Waals surface area contributed by atoms with Gasteiger partial charge in [-0.1, -0.05) is 24.6 Å². The van der Waals surface area contributed by atoms with Crippen molar-refractivity contribution in [2.24, 2.45) is 0 Å². The van der Waals surface area contributed by atoms with Gasteiger partial charge >= 0.3 is 5.97 Å². The first-order valence-electron chi connectivity index (χ1n) is 5.91. The van der Waals surface area contributed by atoms with Crippen LogP contribution in [0.4, 0.5) is 10.2 Å². The molecule has 0 fully saturated rings. The molecule has 1 heterocycles. The minimum atomic E-state index is -0.668. The van der Waals surface area contributed by atoms with Gasteiger partial charge in [0.25, 0.3) is 0 Å². The zero-order valence-corrected chi connectivity index (χ0v) is 11.7. The van der Waals surface area contributed by atoms with E-state index in [2.05, 4.69) is 9.72 Å². The lowest BCUT2D eigenvalue weighted by molar-refractivity contribution is 0.0595. The molecule has 2 N–H and O–H groups in total. The molecule has 0 radical (unpaired) electrons. The average molecular weight is 298 g/mol. The summed E-state index contributed by atoms with van der Waals surface area (Å²) in [6.45, 7) is 1.82. The smallest absolute Gasteiger partial charge is 0.360 e. The molecule has 0 saturated heterocycles. The van der Waals surface area contributed by atoms with Gasteiger partial charge in [-0.25, -0.2) is 14.2 Å². The molecule has 2 rings (SSSR count). The van der Waals surface area contributed by atoms with Gasteiger partial charge in [0.15, 0.2) is 11.5 Å². The van der Waals surface area contributed by atoms with Gasteiger partial charge < -0.3 is 10.5 Å². The molecule has 5 nitrogen and oxygen atoms in total. The SMILES string of the molecule is CCc1nc(C(=O)OC)c(N)n1-c1cccc(Cl)c1F. The van der Waals surface area contributed by atoms with Crippen LogP contribution in [-0.2, 0) is 11.2 Å². The van der Waals surface area contributed by atoms with E-state index in [0.717, 1.165) is 0 Å². The van der Waals surface area contributed by atoms with E-state index in [9.17, 15) is 9.18 Å². The van der Waals surface area contributed by atoms with Crippen molar-refractivity contribution in [3.63, 3.8) is 0 Å². The largest absolute Gasteiger partial charge is 0.464 e. The molecule has 106 valence electrons. The Morgan fingerprint density at radius 1 is 1.55 bits per heavy atom. The molecule has 0 aliphatic rings. The number of methoxy groups -OCH3 is 1. The van der Waals surface area contributed by atoms with Crippen LogP contribution in [0.15, 0.2) is 18.2 Å². The maximum Gasteiger partial charge on any atom is 0.360 e. The molecule has 1 aromatic carbocycles. The summed E-state index contributed by atoms with van der Waals surface area (Å²) in [6, 6.07) is 4.54. The Morgan fingerprint density at radius 2 is 2.25 bits per heavy atom. The lowest BCUT2D eigenvalue weighted by Crippen LogP contribution is -2.09. The van der Waals surface area contributed by atoms with Crippen LogP contribution in [0.5, 0.6) is 0 Å². The van der Waals surface area contributed by atoms with Gasteiger partial charge in [-0.05, 0) is 12.1 Å². The van der Waals surface area contributed by atoms with Crippen molar-refractivity contribution < 1.29 is 13.9 Å². The Bertz CT molecular complexity index is 670. The summed E-state index contributed by atoms with van der Waals surface area (Å²) in [6.07, 6.45) is 0.465. The van der Waals surface area contributed by atoms with E-state index in [1.807, 2.05) is 6.92 Å². The van der Waals surface area contributed by atoms with Crippen molar-refractivity contribution in [2.45, 2.75) is 13.3 Å². The number of aromatic nitrogens is 2. The number of rotatable bonds is 3. The van der Waals surface area contributed by atoms with Crippen LogP contribution in [0.2, 0.25) is 5.02 Å². The predicted molar refractivity (Wildman–Crippen MR) is 73.7 cm³/mol. The Kier molecular flexibility index (Phi) is 3.94. The Labute approximate surface area is 120 Å². The molecule has 2 aromatic rings. The summed E-state index contributed by atoms with van der Waals surface area (Å²) < 4.78 is 20.1. The summed E-state index contributed by atoms with van der Waals surface area (Å²) >= 11 is 5.77. The van der Waals surface area contributed by atoms with Crippen molar-refractivity contribution in [3.8, 4) is 5.69 Å². The minimum Gasteiger partial charge on any atom is -0.464 e. The second-order valence-corrected chi connectivity index (χ2v) is 4.42. The zero-order valence-electron chi connectivity index (χ0n) is 11.0. The number of benzene rings is 1. The number of carbonyl (C=O) groups is 1. The molecule has 0 spiro atoms. The van der Waals surface area contributed by atoms with Crippen LogP contribution < -0.4 is 5.73 Å². The summed E-state index contributed by atoms with van der Waals surface area (Å²) in [4.78, 5) is 15.7. The van der Waals surface area contributed by atoms with Crippen molar-refractivity contribution in [2.75, 3.05) is 12.8 Å². The summed E-state index contributed by atoms with van der Waals surface area (Å²) in [5.74, 6) is -0.818. The molecule has 0 aliphatic heterocycles. The number of hydrogen-bond acceptors (Lipinski definition) is 4. The van der Waals surface area contributed by atoms with Crippen LogP contribution in [0.25, 0.3) is 5.69 Å². The number of esters is 1. The molecule has 0 amide bonds. The van der Waals surface area contributed by atoms with E-state index < -0.39 is 11.8 Å². The number of nitrogens with zero attached hydrogens (tertiary/aromatic N) is 2. The van der Waals surface area contributed by atoms with Gasteiger partial charge in [0.2, 0.25) is 0 Å². The third-order valence-electron chi connectivity index (χ3n) is 2.85. The monoisotopic (exact) mass is 297 g/mol. The third kappa shape index (κ3) is 2.22. The fourth-order valence-corrected chi connectivity index (χ4v) is 2.07. The highest BCUT2D eigenvalue weighted by atomic mass is 35.5. The highest BCUT2D eigenvalue weighted by molar-refractivity contribution is 6.30. The molecule has 20 heavy (non-hydrogen) atoms. The van der Waals surface area contributed by atoms with Crippen LogP contribution >= 0.6 is 11.6 Å². The second kappa shape index (κ2) is 5.50. The van der Waals surface area contributed by atoms with Crippen molar-refractivity contribution >= 4 is 23.4 Å². The van der Waals surface area contributed by atoms with E-state index >= 15 is 0 Å². The maximum atomic E-state index is 14.1. The number of ether oxygens (including phenoxy) is 1. The normalized spacial score (nSPS) is 10.6. The number of aryl methyl sites for hydroxylation is 1. The predicted octanol–water partition coefficient (Wildman–Crippen LogP) is 2.60. The summed E-state index contributed by atoms with van der Waals surface area (Å²) in [7, 11) is 1.23. The maximum absolute atomic E-state index is 14.1. The quantitative estimate of drug-likeness (QED) is 0.884. The first-order valence-corrected chi connectivity index (χ1v) is 6.28. The molecular weight excluding hydrogens is 285 g/mol. The average Bonchev–Trinajstić information content (AvgIpc) is 2.78. The third-order valence-corrected chi connectivity index (χ3v) is 3.14. The molecule has 0 atom stereocenters. The Hall–Kier alpha value is -2.08. The highest BCUT2D eigenvalue weighted by Crippen LogP contribution is 2.27. The number of anilines is 1. The fourth-order valence-electron chi connectivity index (χ4n) is 1.90. The number of imidazole rings is 1. The van der Waals surface area contributed by atoms with E-state index in [1.54, 1.807) is 6.07 Å². The minimum absolute atomic E-state index is 0.0230. The van der Waals surface area contributed by atoms with E-state index in [0.29, 0.717) is 12.2 Å². The van der Waals surface area contributed by atoms with Gasteiger partial charge in [0.1, 0.15) is 11.6 Å². The second-order valence-electron chi connectivity index (χ2n) is 4.02. The number of carbonyl (C=O) groups excluding carboxylic acids is 1. The van der Waals surface area contributed by atoms with Gasteiger partial charge in [0, 0.05) is 6.42 Å². The topological polar surface area (TPSA) is 70.1 Å². The van der Waals surface area contributed by atoms with Gasteiger partial charge in [-0.15, -0.1) is 0 Å². The number of nitrogens with two attached hydrogens (primary N) is 1. The van der Waals surface area contributed by atoms with E-state index in [4.69, 9.17) is 17.3 Å². The Morgan fingerprint density at radius 3 is 2.85 bits per heavy atom. The van der Waals surface area contributed by atoms with Crippen molar-refractivity contribution in [1.29, 1.82) is 0 Å². The summed E-state index contributed by atoms with van der Waals surface area (Å²) in [5.41, 5.74) is 6.01. The number of nitrogen functional groups attached to an aromatic ring is 1. The lowest BCUT2D eigenvalue weighted by Gasteiger charge is -2.10. The fraction of sp³-hybridized carbons (Fsp3) is 0.231. The first kappa shape index (κ1) is 14.3. The van der Waals surface area contributed by atoms with Gasteiger partial charge in [-0.2, -0.15) is 0 Å². The van der Waals surface area contributed by atoms with Gasteiger partial charge in [0.05, 0.1) is 17.8 Å². The molecule has 0 aliphatic carbocycles. The first-order chi connectivity index (χ1) is 9.51. The van der Waals surface area contributed by atoms with Crippen LogP contribution in [0.1, 0.15) is 23.2 Å². The lowest BCUT2D eigenvalue weighted by atomic mass is 10.3. The molecule has 0 saturated carbocycles. The van der Waals surface area contributed by atoms with E-state index in [-0.39, 0.29) is 22.2 Å². The van der Waals surface area contributed by atoms with Crippen LogP contribution in [0, 0.1) is 5.82 Å². The summed E-state index contributed by atoms with van der Waals surface area (Å²) in [5, 5.41) is -0.0303. The van der Waals surface area contributed by atoms with Crippen LogP contribution in [0.3, 0.4) is 0 Å². The molecular formula is C13H13ClFN3O2. The zero-order chi connectivity index (χ0) is 14.9. The van der Waals surface area contributed by atoms with Crippen molar-refractivity contribution in [1.82, 2.24) is 9.55 Å². The number of halogens is 2. The van der Waals surface area contributed by atoms with Crippen molar-refractivity contribution in [3.05, 3.63) is 40.6 Å². The Balaban J connectivity index is 2.70. The van der Waals surface area contributed by atoms with Gasteiger partial charge in [-0.3, -0.25) is 4.57 Å². The molecule has 0 unspecified atom stereocenters. The molecule has 1 aromatic heterocycles.